The van der Waals surface area contributed by atoms with Crippen LogP contribution in [0.2, 0.25) is 0 Å². The normalized spacial score (nSPS) is 15.4. The Labute approximate surface area is 357 Å². The van der Waals surface area contributed by atoms with Crippen LogP contribution in [0.25, 0.3) is 55.6 Å². The summed E-state index contributed by atoms with van der Waals surface area (Å²) in [6, 6.07) is 70.0. The molecule has 0 bridgehead atoms. The van der Waals surface area contributed by atoms with Crippen LogP contribution in [0.3, 0.4) is 0 Å². The molecule has 0 heterocycles. The Bertz CT molecular complexity index is 2840. The average Bonchev–Trinajstić information content (AvgIpc) is 3.51. The fourth-order valence-electron chi connectivity index (χ4n) is 10.1. The van der Waals surface area contributed by atoms with Gasteiger partial charge in [-0.3, -0.25) is 0 Å². The van der Waals surface area contributed by atoms with E-state index < -0.39 is 0 Å². The lowest BCUT2D eigenvalue weighted by Crippen LogP contribution is -2.33. The van der Waals surface area contributed by atoms with Gasteiger partial charge in [0.15, 0.2) is 0 Å². The molecule has 10 rings (SSSR count). The number of anilines is 3. The summed E-state index contributed by atoms with van der Waals surface area (Å²) in [6.45, 7) is 14.5. The van der Waals surface area contributed by atoms with E-state index in [4.69, 9.17) is 0 Å². The molecular formula is C59H53N. The lowest BCUT2D eigenvalue weighted by Gasteiger charge is -2.42. The molecule has 8 aromatic rings. The third-order valence-corrected chi connectivity index (χ3v) is 13.8. The predicted octanol–water partition coefficient (Wildman–Crippen LogP) is 16.5. The Morgan fingerprint density at radius 1 is 0.317 bits per heavy atom. The number of hydrogen-bond acceptors (Lipinski definition) is 1. The topological polar surface area (TPSA) is 3.24 Å². The van der Waals surface area contributed by atoms with E-state index in [1.54, 1.807) is 0 Å². The summed E-state index contributed by atoms with van der Waals surface area (Å²) in [5.41, 5.74) is 21.7. The van der Waals surface area contributed by atoms with Gasteiger partial charge >= 0.3 is 0 Å². The minimum Gasteiger partial charge on any atom is -0.310 e. The second-order valence-corrected chi connectivity index (χ2v) is 18.9. The minimum absolute atomic E-state index is 0.0917. The lowest BCUT2D eigenvalue weighted by molar-refractivity contribution is 0.332. The van der Waals surface area contributed by atoms with Gasteiger partial charge in [-0.1, -0.05) is 193 Å². The van der Waals surface area contributed by atoms with Crippen LogP contribution in [0.5, 0.6) is 0 Å². The van der Waals surface area contributed by atoms with Crippen molar-refractivity contribution in [2.45, 2.75) is 70.6 Å². The molecule has 0 N–H and O–H groups in total. The molecule has 2 aliphatic rings. The third-order valence-electron chi connectivity index (χ3n) is 13.8. The summed E-state index contributed by atoms with van der Waals surface area (Å²) in [5.74, 6) is 0. The van der Waals surface area contributed by atoms with Gasteiger partial charge in [-0.25, -0.2) is 0 Å². The second-order valence-electron chi connectivity index (χ2n) is 18.9. The fraction of sp³-hybridized carbons (Fsp3) is 0.186. The van der Waals surface area contributed by atoms with Gasteiger partial charge in [-0.15, -0.1) is 0 Å². The Hall–Kier alpha value is -6.44. The second kappa shape index (κ2) is 14.4. The first-order valence-electron chi connectivity index (χ1n) is 21.6. The summed E-state index contributed by atoms with van der Waals surface area (Å²) in [4.78, 5) is 2.50. The number of rotatable bonds is 7. The van der Waals surface area contributed by atoms with Crippen molar-refractivity contribution in [1.82, 2.24) is 0 Å². The van der Waals surface area contributed by atoms with Gasteiger partial charge < -0.3 is 4.90 Å². The summed E-state index contributed by atoms with van der Waals surface area (Å²) >= 11 is 0. The van der Waals surface area contributed by atoms with E-state index in [0.717, 1.165) is 11.4 Å². The van der Waals surface area contributed by atoms with E-state index >= 15 is 0 Å². The van der Waals surface area contributed by atoms with Gasteiger partial charge in [0.05, 0.1) is 5.69 Å². The smallest absolute Gasteiger partial charge is 0.0543 e. The van der Waals surface area contributed by atoms with E-state index in [-0.39, 0.29) is 16.2 Å². The molecule has 0 aromatic heterocycles. The third kappa shape index (κ3) is 6.49. The molecule has 0 spiro atoms. The molecule has 0 unspecified atom stereocenters. The Morgan fingerprint density at radius 3 is 1.28 bits per heavy atom. The maximum absolute atomic E-state index is 2.53. The highest BCUT2D eigenvalue weighted by molar-refractivity contribution is 5.95. The van der Waals surface area contributed by atoms with Gasteiger partial charge in [0, 0.05) is 22.4 Å². The minimum atomic E-state index is -0.153. The van der Waals surface area contributed by atoms with Crippen LogP contribution in [0.4, 0.5) is 17.1 Å². The fourth-order valence-corrected chi connectivity index (χ4v) is 10.1. The van der Waals surface area contributed by atoms with Crippen molar-refractivity contribution >= 4 is 17.1 Å². The molecule has 8 aromatic carbocycles. The van der Waals surface area contributed by atoms with Crippen molar-refractivity contribution < 1.29 is 0 Å². The summed E-state index contributed by atoms with van der Waals surface area (Å²) in [7, 11) is 0. The highest BCUT2D eigenvalue weighted by Crippen LogP contribution is 2.55. The van der Waals surface area contributed by atoms with Crippen LogP contribution < -0.4 is 4.90 Å². The molecule has 0 radical (unpaired) electrons. The molecule has 0 saturated carbocycles. The van der Waals surface area contributed by atoms with Gasteiger partial charge in [0.25, 0.3) is 0 Å². The number of fused-ring (bicyclic) bond motifs is 4. The van der Waals surface area contributed by atoms with Crippen LogP contribution in [0.15, 0.2) is 188 Å². The zero-order valence-corrected chi connectivity index (χ0v) is 35.8. The average molecular weight is 776 g/mol. The standard InChI is InChI=1S/C59H53N/c1-57(2)35-36-58(3,4)55-37-46(29-34-53(55)57)50-38-51-49-19-13-14-20-52(49)59(5,6)54(51)39-56(50)60(47-30-25-44(26-31-47)41-17-11-8-12-18-41)48-32-27-45(28-33-48)43-23-21-42(22-24-43)40-15-9-7-10-16-40/h7-34,37-39H,35-36H2,1-6H3. The predicted molar refractivity (Wildman–Crippen MR) is 256 cm³/mol. The number of benzene rings is 8. The quantitative estimate of drug-likeness (QED) is 0.156. The monoisotopic (exact) mass is 775 g/mol. The van der Waals surface area contributed by atoms with Crippen molar-refractivity contribution in [3.8, 4) is 55.6 Å². The Kier molecular flexibility index (Phi) is 9.06. The van der Waals surface area contributed by atoms with Crippen molar-refractivity contribution in [2.75, 3.05) is 4.90 Å². The van der Waals surface area contributed by atoms with Crippen LogP contribution in [0, 0.1) is 0 Å². The van der Waals surface area contributed by atoms with Crippen molar-refractivity contribution in [3.05, 3.63) is 210 Å². The van der Waals surface area contributed by atoms with Crippen molar-refractivity contribution in [3.63, 3.8) is 0 Å². The molecule has 0 aliphatic heterocycles. The van der Waals surface area contributed by atoms with E-state index in [9.17, 15) is 0 Å². The molecule has 294 valence electrons. The van der Waals surface area contributed by atoms with Crippen LogP contribution in [0.1, 0.15) is 76.6 Å². The highest BCUT2D eigenvalue weighted by Gasteiger charge is 2.39. The summed E-state index contributed by atoms with van der Waals surface area (Å²) < 4.78 is 0. The first-order valence-corrected chi connectivity index (χ1v) is 21.6. The maximum Gasteiger partial charge on any atom is 0.0543 e. The molecule has 0 fully saturated rings. The summed E-state index contributed by atoms with van der Waals surface area (Å²) in [5, 5.41) is 0. The Balaban J connectivity index is 1.17. The van der Waals surface area contributed by atoms with Crippen LogP contribution >= 0.6 is 0 Å². The first kappa shape index (κ1) is 37.8. The molecule has 2 aliphatic carbocycles. The molecule has 0 saturated heterocycles. The SMILES string of the molecule is CC1(C)CCC(C)(C)c2cc(-c3cc4c(cc3N(c3ccc(-c5ccccc5)cc3)c3ccc(-c5ccc(-c6ccccc6)cc5)cc3)C(C)(C)c3ccccc3-4)ccc21. The lowest BCUT2D eigenvalue weighted by atomic mass is 9.63. The largest absolute Gasteiger partial charge is 0.310 e. The zero-order chi connectivity index (χ0) is 41.2. The molecule has 0 atom stereocenters. The zero-order valence-electron chi connectivity index (χ0n) is 35.8. The van der Waals surface area contributed by atoms with Crippen molar-refractivity contribution in [1.29, 1.82) is 0 Å². The summed E-state index contributed by atoms with van der Waals surface area (Å²) in [6.07, 6.45) is 2.37. The van der Waals surface area contributed by atoms with Gasteiger partial charge in [0.2, 0.25) is 0 Å². The van der Waals surface area contributed by atoms with Crippen LogP contribution in [-0.2, 0) is 16.2 Å². The first-order chi connectivity index (χ1) is 29.0. The van der Waals surface area contributed by atoms with Crippen molar-refractivity contribution in [2.24, 2.45) is 0 Å². The molecular weight excluding hydrogens is 723 g/mol. The van der Waals surface area contributed by atoms with Crippen LogP contribution in [-0.4, -0.2) is 0 Å². The van der Waals surface area contributed by atoms with E-state index in [2.05, 4.69) is 234 Å². The van der Waals surface area contributed by atoms with Gasteiger partial charge in [-0.05, 0) is 132 Å². The number of nitrogens with zero attached hydrogens (tertiary/aromatic N) is 1. The molecule has 1 nitrogen and oxygen atoms in total. The Morgan fingerprint density at radius 2 is 0.750 bits per heavy atom. The van der Waals surface area contributed by atoms with E-state index in [0.29, 0.717) is 0 Å². The molecule has 60 heavy (non-hydrogen) atoms. The molecule has 0 amide bonds. The van der Waals surface area contributed by atoms with E-state index in [1.165, 1.54) is 96.4 Å². The van der Waals surface area contributed by atoms with Gasteiger partial charge in [-0.2, -0.15) is 0 Å². The van der Waals surface area contributed by atoms with E-state index in [1.807, 2.05) is 0 Å². The highest BCUT2D eigenvalue weighted by atomic mass is 15.1. The molecule has 1 heteroatoms. The maximum atomic E-state index is 2.53. The van der Waals surface area contributed by atoms with Gasteiger partial charge in [0.1, 0.15) is 0 Å². The number of hydrogen-bond donors (Lipinski definition) is 0.